The van der Waals surface area contributed by atoms with Crippen LogP contribution in [0.15, 0.2) is 60.9 Å². The van der Waals surface area contributed by atoms with E-state index in [1.54, 1.807) is 11.0 Å². The number of hydrogen-bond donors (Lipinski definition) is 1. The minimum Gasteiger partial charge on any atom is -0.366 e. The number of hydrogen-bond acceptors (Lipinski definition) is 5. The van der Waals surface area contributed by atoms with E-state index in [1.165, 1.54) is 12.4 Å². The zero-order valence-corrected chi connectivity index (χ0v) is 22.8. The Morgan fingerprint density at radius 3 is 2.02 bits per heavy atom. The number of alkyl halides is 6. The summed E-state index contributed by atoms with van der Waals surface area (Å²) in [6.07, 6.45) is -2.31. The molecule has 5 nitrogen and oxygen atoms in total. The third-order valence-electron chi connectivity index (χ3n) is 7.91. The fraction of sp³-hybridized carbons (Fsp3) is 0.387. The summed E-state index contributed by atoms with van der Waals surface area (Å²) in [5.74, 6) is 1.99. The molecule has 220 valence electrons. The number of anilines is 2. The van der Waals surface area contributed by atoms with Gasteiger partial charge in [-0.3, -0.25) is 0 Å². The first-order valence-corrected chi connectivity index (χ1v) is 13.9. The number of rotatable bonds is 9. The molecule has 2 aliphatic carbocycles. The maximum Gasteiger partial charge on any atom is 0.416 e. The molecule has 11 heteroatoms. The van der Waals surface area contributed by atoms with Crippen molar-refractivity contribution >= 4 is 22.7 Å². The number of nitrogens with one attached hydrogen (secondary N) is 1. The second kappa shape index (κ2) is 10.7. The Labute approximate surface area is 239 Å². The molecule has 0 spiro atoms. The van der Waals surface area contributed by atoms with Crippen LogP contribution >= 0.6 is 0 Å². The molecule has 0 unspecified atom stereocenters. The minimum absolute atomic E-state index is 0.114. The topological polar surface area (TPSA) is 53.9 Å². The zero-order chi connectivity index (χ0) is 29.6. The molecule has 2 aromatic heterocycles. The highest BCUT2D eigenvalue weighted by atomic mass is 19.4. The third kappa shape index (κ3) is 6.29. The van der Waals surface area contributed by atoms with Gasteiger partial charge in [-0.25, -0.2) is 15.0 Å². The highest BCUT2D eigenvalue weighted by molar-refractivity contribution is 5.84. The number of aryl methyl sites for hydroxylation is 1. The first-order chi connectivity index (χ1) is 20.0. The van der Waals surface area contributed by atoms with E-state index in [4.69, 9.17) is 4.98 Å². The summed E-state index contributed by atoms with van der Waals surface area (Å²) >= 11 is 0. The van der Waals surface area contributed by atoms with E-state index in [1.807, 2.05) is 31.2 Å². The summed E-state index contributed by atoms with van der Waals surface area (Å²) < 4.78 is 81.7. The minimum atomic E-state index is -4.94. The van der Waals surface area contributed by atoms with Gasteiger partial charge in [-0.05, 0) is 85.9 Å². The number of para-hydroxylation sites is 1. The van der Waals surface area contributed by atoms with Gasteiger partial charge in [-0.15, -0.1) is 0 Å². The molecule has 2 fully saturated rings. The number of halogens is 6. The van der Waals surface area contributed by atoms with E-state index < -0.39 is 23.5 Å². The lowest BCUT2D eigenvalue weighted by molar-refractivity contribution is -0.143. The quantitative estimate of drug-likeness (QED) is 0.201. The molecular formula is C31H29F6N5. The smallest absolute Gasteiger partial charge is 0.366 e. The van der Waals surface area contributed by atoms with Crippen LogP contribution in [-0.4, -0.2) is 21.0 Å². The molecule has 0 radical (unpaired) electrons. The van der Waals surface area contributed by atoms with Crippen molar-refractivity contribution in [3.8, 4) is 0 Å². The standard InChI is InChI=1S/C31H29F6N5/c1-18-4-2-5-22-14-23(28(40-26(18)22)41-27(20-6-7-20)21-8-9-21)17-42(29-38-10-3-11-39-29)16-19-12-24(30(32,33)34)15-25(13-19)31(35,36)37/h2-5,10-15,20-21,27H,6-9,16-17H2,1H3,(H,40,41). The molecule has 0 bridgehead atoms. The molecule has 2 heterocycles. The van der Waals surface area contributed by atoms with Crippen molar-refractivity contribution in [2.75, 3.05) is 10.2 Å². The van der Waals surface area contributed by atoms with Crippen molar-refractivity contribution in [2.45, 2.75) is 64.1 Å². The van der Waals surface area contributed by atoms with Gasteiger partial charge in [-0.2, -0.15) is 26.3 Å². The van der Waals surface area contributed by atoms with Gasteiger partial charge >= 0.3 is 12.4 Å². The van der Waals surface area contributed by atoms with Gasteiger partial charge in [0.2, 0.25) is 5.95 Å². The van der Waals surface area contributed by atoms with Crippen LogP contribution < -0.4 is 10.2 Å². The van der Waals surface area contributed by atoms with Crippen LogP contribution in [0, 0.1) is 18.8 Å². The van der Waals surface area contributed by atoms with Crippen LogP contribution in [-0.2, 0) is 25.4 Å². The Morgan fingerprint density at radius 2 is 1.45 bits per heavy atom. The number of aromatic nitrogens is 3. The number of nitrogens with zero attached hydrogens (tertiary/aromatic N) is 4. The monoisotopic (exact) mass is 585 g/mol. The van der Waals surface area contributed by atoms with Gasteiger partial charge in [0.25, 0.3) is 0 Å². The predicted molar refractivity (Wildman–Crippen MR) is 148 cm³/mol. The summed E-state index contributed by atoms with van der Waals surface area (Å²) in [5.41, 5.74) is -0.272. The highest BCUT2D eigenvalue weighted by Crippen LogP contribution is 2.46. The molecule has 0 saturated heterocycles. The Bertz CT molecular complexity index is 1530. The Hall–Kier alpha value is -3.89. The van der Waals surface area contributed by atoms with Gasteiger partial charge < -0.3 is 10.2 Å². The van der Waals surface area contributed by atoms with E-state index in [0.29, 0.717) is 17.7 Å². The van der Waals surface area contributed by atoms with Gasteiger partial charge in [0.05, 0.1) is 16.6 Å². The lowest BCUT2D eigenvalue weighted by atomic mass is 10.0. The summed E-state index contributed by atoms with van der Waals surface area (Å²) in [6, 6.07) is 11.3. The molecule has 0 amide bonds. The molecular weight excluding hydrogens is 556 g/mol. The van der Waals surface area contributed by atoms with Crippen LogP contribution in [0.25, 0.3) is 10.9 Å². The van der Waals surface area contributed by atoms with Gasteiger partial charge in [0, 0.05) is 42.5 Å². The SMILES string of the molecule is Cc1cccc2cc(CN(Cc3cc(C(F)(F)F)cc(C(F)(F)F)c3)c3ncccn3)c(NC(C3CC3)C3CC3)nc12. The van der Waals surface area contributed by atoms with Crippen molar-refractivity contribution in [1.82, 2.24) is 15.0 Å². The maximum absolute atomic E-state index is 13.6. The maximum atomic E-state index is 13.6. The lowest BCUT2D eigenvalue weighted by Gasteiger charge is -2.27. The van der Waals surface area contributed by atoms with Crippen molar-refractivity contribution < 1.29 is 26.3 Å². The molecule has 2 saturated carbocycles. The van der Waals surface area contributed by atoms with Gasteiger partial charge in [-0.1, -0.05) is 18.2 Å². The molecule has 42 heavy (non-hydrogen) atoms. The summed E-state index contributed by atoms with van der Waals surface area (Å²) in [6.45, 7) is 1.81. The average molecular weight is 586 g/mol. The Morgan fingerprint density at radius 1 is 0.833 bits per heavy atom. The van der Waals surface area contributed by atoms with E-state index in [-0.39, 0.29) is 36.7 Å². The second-order valence-electron chi connectivity index (χ2n) is 11.3. The number of fused-ring (bicyclic) bond motifs is 1. The Balaban J connectivity index is 1.41. The Kier molecular flexibility index (Phi) is 7.22. The molecule has 4 aromatic rings. The highest BCUT2D eigenvalue weighted by Gasteiger charge is 2.42. The first-order valence-electron chi connectivity index (χ1n) is 13.9. The average Bonchev–Trinajstić information content (AvgIpc) is 3.86. The van der Waals surface area contributed by atoms with E-state index >= 15 is 0 Å². The van der Waals surface area contributed by atoms with Crippen molar-refractivity contribution in [3.63, 3.8) is 0 Å². The third-order valence-corrected chi connectivity index (χ3v) is 7.91. The van der Waals surface area contributed by atoms with Crippen molar-refractivity contribution in [3.05, 3.63) is 88.7 Å². The molecule has 0 aliphatic heterocycles. The first kappa shape index (κ1) is 28.2. The second-order valence-corrected chi connectivity index (χ2v) is 11.3. The van der Waals surface area contributed by atoms with E-state index in [9.17, 15) is 26.3 Å². The van der Waals surface area contributed by atoms with Crippen molar-refractivity contribution in [1.29, 1.82) is 0 Å². The fourth-order valence-corrected chi connectivity index (χ4v) is 5.51. The molecule has 0 atom stereocenters. The molecule has 6 rings (SSSR count). The van der Waals surface area contributed by atoms with E-state index in [0.717, 1.165) is 59.8 Å². The van der Waals surface area contributed by atoms with Crippen LogP contribution in [0.3, 0.4) is 0 Å². The number of benzene rings is 2. The lowest BCUT2D eigenvalue weighted by Crippen LogP contribution is -2.28. The summed E-state index contributed by atoms with van der Waals surface area (Å²) in [7, 11) is 0. The summed E-state index contributed by atoms with van der Waals surface area (Å²) in [5, 5.41) is 4.58. The van der Waals surface area contributed by atoms with Crippen LogP contribution in [0.5, 0.6) is 0 Å². The summed E-state index contributed by atoms with van der Waals surface area (Å²) in [4.78, 5) is 15.2. The predicted octanol–water partition coefficient (Wildman–Crippen LogP) is 8.18. The van der Waals surface area contributed by atoms with Gasteiger partial charge in [0.15, 0.2) is 0 Å². The molecule has 2 aliphatic rings. The zero-order valence-electron chi connectivity index (χ0n) is 22.8. The molecule has 1 N–H and O–H groups in total. The fourth-order valence-electron chi connectivity index (χ4n) is 5.51. The number of pyridine rings is 1. The van der Waals surface area contributed by atoms with Crippen LogP contribution in [0.2, 0.25) is 0 Å². The normalized spacial score (nSPS) is 15.8. The van der Waals surface area contributed by atoms with E-state index in [2.05, 4.69) is 15.3 Å². The largest absolute Gasteiger partial charge is 0.416 e. The van der Waals surface area contributed by atoms with Crippen molar-refractivity contribution in [2.24, 2.45) is 11.8 Å². The van der Waals surface area contributed by atoms with Crippen LogP contribution in [0.4, 0.5) is 38.1 Å². The van der Waals surface area contributed by atoms with Crippen LogP contribution in [0.1, 0.15) is 53.5 Å². The molecule has 2 aromatic carbocycles. The van der Waals surface area contributed by atoms with Gasteiger partial charge in [0.1, 0.15) is 5.82 Å².